The first-order valence-electron chi connectivity index (χ1n) is 8.54. The van der Waals surface area contributed by atoms with Crippen molar-refractivity contribution in [1.29, 1.82) is 0 Å². The lowest BCUT2D eigenvalue weighted by molar-refractivity contribution is 0.218. The largest absolute Gasteiger partial charge is 0.306 e. The summed E-state index contributed by atoms with van der Waals surface area (Å²) in [6.07, 6.45) is 11.9. The van der Waals surface area contributed by atoms with Gasteiger partial charge in [0.1, 0.15) is 0 Å². The van der Waals surface area contributed by atoms with Crippen molar-refractivity contribution < 1.29 is 0 Å². The first kappa shape index (κ1) is 15.7. The average Bonchev–Trinajstić information content (AvgIpc) is 2.98. The number of likely N-dealkylation sites (tertiary alicyclic amines) is 1. The molecule has 0 amide bonds. The van der Waals surface area contributed by atoms with Crippen LogP contribution in [0.1, 0.15) is 29.8 Å². The zero-order chi connectivity index (χ0) is 16.5. The Bertz CT molecular complexity index is 779. The van der Waals surface area contributed by atoms with E-state index < -0.39 is 0 Å². The molecule has 1 aliphatic carbocycles. The van der Waals surface area contributed by atoms with Gasteiger partial charge >= 0.3 is 0 Å². The smallest absolute Gasteiger partial charge is 0.0904 e. The molecule has 0 bridgehead atoms. The molecule has 1 fully saturated rings. The summed E-state index contributed by atoms with van der Waals surface area (Å²) in [5.41, 5.74) is 5.01. The van der Waals surface area contributed by atoms with Crippen LogP contribution in [0.3, 0.4) is 0 Å². The van der Waals surface area contributed by atoms with E-state index in [1.54, 1.807) is 0 Å². The second-order valence-corrected chi connectivity index (χ2v) is 7.23. The van der Waals surface area contributed by atoms with E-state index in [-0.39, 0.29) is 0 Å². The van der Waals surface area contributed by atoms with Crippen LogP contribution >= 0.6 is 11.6 Å². The number of rotatable bonds is 3. The second-order valence-electron chi connectivity index (χ2n) is 6.82. The van der Waals surface area contributed by atoms with Gasteiger partial charge in [0.25, 0.3) is 0 Å². The highest BCUT2D eigenvalue weighted by Crippen LogP contribution is 2.31. The maximum absolute atomic E-state index is 6.26. The highest BCUT2D eigenvalue weighted by atomic mass is 35.5. The van der Waals surface area contributed by atoms with E-state index in [1.165, 1.54) is 25.9 Å². The molecule has 4 rings (SSSR count). The quantitative estimate of drug-likeness (QED) is 0.856. The van der Waals surface area contributed by atoms with E-state index in [1.807, 2.05) is 24.7 Å². The number of hydrogen-bond donors (Lipinski definition) is 0. The van der Waals surface area contributed by atoms with Crippen LogP contribution < -0.4 is 0 Å². The van der Waals surface area contributed by atoms with Crippen molar-refractivity contribution in [3.63, 3.8) is 0 Å². The molecule has 0 atom stereocenters. The molecule has 0 aromatic carbocycles. The van der Waals surface area contributed by atoms with Crippen molar-refractivity contribution >= 4 is 16.6 Å². The fraction of sp³-hybridized carbons (Fsp3) is 0.421. The van der Waals surface area contributed by atoms with Gasteiger partial charge in [-0.25, -0.2) is 4.98 Å². The molecule has 2 aromatic heterocycles. The van der Waals surface area contributed by atoms with Crippen LogP contribution in [0.25, 0.3) is 16.3 Å². The lowest BCUT2D eigenvalue weighted by Gasteiger charge is -2.28. The van der Waals surface area contributed by atoms with E-state index >= 15 is 0 Å². The normalized spacial score (nSPS) is 18.5. The number of piperidine rings is 1. The number of pyridine rings is 1. The van der Waals surface area contributed by atoms with E-state index in [2.05, 4.69) is 28.0 Å². The zero-order valence-electron chi connectivity index (χ0n) is 13.9. The molecule has 0 spiro atoms. The number of halogens is 1. The van der Waals surface area contributed by atoms with Gasteiger partial charge in [0.05, 0.1) is 23.3 Å². The van der Waals surface area contributed by atoms with E-state index in [9.17, 15) is 0 Å². The predicted octanol–water partition coefficient (Wildman–Crippen LogP) is 3.56. The lowest BCUT2D eigenvalue weighted by Crippen LogP contribution is -2.31. The zero-order valence-corrected chi connectivity index (χ0v) is 14.6. The third-order valence-electron chi connectivity index (χ3n) is 5.02. The average molecular weight is 341 g/mol. The van der Waals surface area contributed by atoms with Crippen LogP contribution in [-0.2, 0) is 12.8 Å². The van der Waals surface area contributed by atoms with E-state index in [4.69, 9.17) is 16.6 Å². The summed E-state index contributed by atoms with van der Waals surface area (Å²) in [4.78, 5) is 16.2. The lowest BCUT2D eigenvalue weighted by atomic mass is 9.92. The van der Waals surface area contributed by atoms with Crippen molar-refractivity contribution in [2.24, 2.45) is 5.92 Å². The van der Waals surface area contributed by atoms with Crippen LogP contribution in [0.5, 0.6) is 0 Å². The molecule has 1 saturated heterocycles. The Morgan fingerprint density at radius 3 is 2.88 bits per heavy atom. The molecule has 0 radical (unpaired) electrons. The summed E-state index contributed by atoms with van der Waals surface area (Å²) in [6.45, 7) is 2.36. The standard InChI is InChI=1S/C19H21ClN4/c1-24-6-4-13(5-7-24)8-15-11-21-12-19(23-15)14-9-16-17(20)2-3-18(16)22-10-14/h2,9-13H,3-8H2,1H3. The summed E-state index contributed by atoms with van der Waals surface area (Å²) in [5, 5.41) is 0.787. The Balaban J connectivity index is 1.55. The Morgan fingerprint density at radius 2 is 2.04 bits per heavy atom. The van der Waals surface area contributed by atoms with Crippen LogP contribution in [0, 0.1) is 5.92 Å². The summed E-state index contributed by atoms with van der Waals surface area (Å²) < 4.78 is 0. The van der Waals surface area contributed by atoms with Gasteiger partial charge in [-0.3, -0.25) is 9.97 Å². The van der Waals surface area contributed by atoms with Gasteiger partial charge in [-0.1, -0.05) is 17.7 Å². The molecule has 4 nitrogen and oxygen atoms in total. The Morgan fingerprint density at radius 1 is 1.21 bits per heavy atom. The number of hydrogen-bond acceptors (Lipinski definition) is 4. The number of aromatic nitrogens is 3. The van der Waals surface area contributed by atoms with Crippen LogP contribution in [0.4, 0.5) is 0 Å². The van der Waals surface area contributed by atoms with Crippen LogP contribution in [0.15, 0.2) is 30.7 Å². The molecule has 0 unspecified atom stereocenters. The molecule has 2 aliphatic rings. The minimum Gasteiger partial charge on any atom is -0.306 e. The molecule has 24 heavy (non-hydrogen) atoms. The van der Waals surface area contributed by atoms with Crippen molar-refractivity contribution in [3.05, 3.63) is 47.7 Å². The molecule has 5 heteroatoms. The first-order chi connectivity index (χ1) is 11.7. The van der Waals surface area contributed by atoms with Gasteiger partial charge in [0.2, 0.25) is 0 Å². The molecule has 2 aromatic rings. The topological polar surface area (TPSA) is 41.9 Å². The fourth-order valence-corrected chi connectivity index (χ4v) is 3.75. The highest BCUT2D eigenvalue weighted by molar-refractivity contribution is 6.49. The van der Waals surface area contributed by atoms with E-state index in [0.29, 0.717) is 5.92 Å². The van der Waals surface area contributed by atoms with E-state index in [0.717, 1.165) is 46.1 Å². The maximum Gasteiger partial charge on any atom is 0.0904 e. The first-order valence-corrected chi connectivity index (χ1v) is 8.91. The number of allylic oxidation sites excluding steroid dienone is 1. The Kier molecular flexibility index (Phi) is 4.33. The summed E-state index contributed by atoms with van der Waals surface area (Å²) in [5.74, 6) is 0.710. The Labute approximate surface area is 147 Å². The van der Waals surface area contributed by atoms with Gasteiger partial charge in [0, 0.05) is 35.0 Å². The Hall–Kier alpha value is -1.78. The molecule has 124 valence electrons. The second kappa shape index (κ2) is 6.61. The molecule has 1 aliphatic heterocycles. The third-order valence-corrected chi connectivity index (χ3v) is 5.38. The van der Waals surface area contributed by atoms with Crippen LogP contribution in [-0.4, -0.2) is 40.0 Å². The third kappa shape index (κ3) is 3.21. The molecule has 3 heterocycles. The summed E-state index contributed by atoms with van der Waals surface area (Å²) in [7, 11) is 2.19. The van der Waals surface area contributed by atoms with Gasteiger partial charge < -0.3 is 4.90 Å². The predicted molar refractivity (Wildman–Crippen MR) is 96.7 cm³/mol. The number of fused-ring (bicyclic) bond motifs is 1. The van der Waals surface area contributed by atoms with Gasteiger partial charge in [-0.15, -0.1) is 0 Å². The summed E-state index contributed by atoms with van der Waals surface area (Å²) >= 11 is 6.26. The molecular formula is C19H21ClN4. The van der Waals surface area contributed by atoms with Gasteiger partial charge in [-0.05, 0) is 51.4 Å². The number of nitrogens with zero attached hydrogens (tertiary/aromatic N) is 4. The minimum absolute atomic E-state index is 0.710. The van der Waals surface area contributed by atoms with Crippen molar-refractivity contribution in [1.82, 2.24) is 19.9 Å². The van der Waals surface area contributed by atoms with Crippen molar-refractivity contribution in [2.45, 2.75) is 25.7 Å². The molecule has 0 N–H and O–H groups in total. The highest BCUT2D eigenvalue weighted by Gasteiger charge is 2.19. The molecule has 0 saturated carbocycles. The van der Waals surface area contributed by atoms with Crippen LogP contribution in [0.2, 0.25) is 0 Å². The maximum atomic E-state index is 6.26. The van der Waals surface area contributed by atoms with Crippen molar-refractivity contribution in [3.8, 4) is 11.3 Å². The fourth-order valence-electron chi connectivity index (χ4n) is 3.50. The minimum atomic E-state index is 0.710. The van der Waals surface area contributed by atoms with Gasteiger partial charge in [-0.2, -0.15) is 0 Å². The molecular weight excluding hydrogens is 320 g/mol. The SMILES string of the molecule is CN1CCC(Cc2cncc(-c3cnc4c(c3)C(Cl)=CC4)n2)CC1. The monoisotopic (exact) mass is 340 g/mol. The van der Waals surface area contributed by atoms with Crippen molar-refractivity contribution in [2.75, 3.05) is 20.1 Å². The summed E-state index contributed by atoms with van der Waals surface area (Å²) in [6, 6.07) is 2.08. The van der Waals surface area contributed by atoms with Gasteiger partial charge in [0.15, 0.2) is 0 Å².